The molecule has 2 N–H and O–H groups in total. The number of aromatic nitrogens is 1. The van der Waals surface area contributed by atoms with Gasteiger partial charge in [0.1, 0.15) is 5.15 Å². The van der Waals surface area contributed by atoms with E-state index < -0.39 is 4.92 Å². The zero-order chi connectivity index (χ0) is 12.8. The number of aliphatic hydroxyl groups excluding tert-OH is 2. The van der Waals surface area contributed by atoms with Crippen LogP contribution in [0.2, 0.25) is 5.15 Å². The normalized spacial score (nSPS) is 10.3. The summed E-state index contributed by atoms with van der Waals surface area (Å²) in [5.74, 6) is 0.0469. The number of aliphatic hydroxyl groups is 2. The first-order valence-electron chi connectivity index (χ1n) is 4.87. The molecule has 0 atom stereocenters. The van der Waals surface area contributed by atoms with E-state index >= 15 is 0 Å². The van der Waals surface area contributed by atoms with Gasteiger partial charge in [-0.1, -0.05) is 11.6 Å². The number of nitrogens with zero attached hydrogens (tertiary/aromatic N) is 3. The zero-order valence-electron chi connectivity index (χ0n) is 8.91. The van der Waals surface area contributed by atoms with Crippen molar-refractivity contribution in [3.8, 4) is 0 Å². The summed E-state index contributed by atoms with van der Waals surface area (Å²) in [5.41, 5.74) is -0.212. The van der Waals surface area contributed by atoms with Crippen LogP contribution in [0.4, 0.5) is 11.5 Å². The number of nitro groups is 1. The highest BCUT2D eigenvalue weighted by atomic mass is 35.5. The average Bonchev–Trinajstić information content (AvgIpc) is 2.28. The van der Waals surface area contributed by atoms with Crippen molar-refractivity contribution < 1.29 is 15.1 Å². The van der Waals surface area contributed by atoms with Gasteiger partial charge in [-0.2, -0.15) is 0 Å². The molecule has 7 nitrogen and oxygen atoms in total. The van der Waals surface area contributed by atoms with Crippen LogP contribution in [0.1, 0.15) is 0 Å². The fraction of sp³-hybridized carbons (Fsp3) is 0.444. The van der Waals surface area contributed by atoms with Gasteiger partial charge in [0.25, 0.3) is 0 Å². The minimum Gasteiger partial charge on any atom is -0.395 e. The zero-order valence-corrected chi connectivity index (χ0v) is 9.67. The lowest BCUT2D eigenvalue weighted by atomic mass is 10.3. The first-order valence-corrected chi connectivity index (χ1v) is 5.25. The Morgan fingerprint density at radius 3 is 2.41 bits per heavy atom. The molecule has 17 heavy (non-hydrogen) atoms. The smallest absolute Gasteiger partial charge is 0.311 e. The van der Waals surface area contributed by atoms with Gasteiger partial charge in [0, 0.05) is 19.2 Å². The lowest BCUT2D eigenvalue weighted by Gasteiger charge is -2.21. The van der Waals surface area contributed by atoms with Crippen molar-refractivity contribution in [2.75, 3.05) is 31.2 Å². The third kappa shape index (κ3) is 3.52. The van der Waals surface area contributed by atoms with E-state index in [0.717, 1.165) is 0 Å². The van der Waals surface area contributed by atoms with E-state index in [1.54, 1.807) is 0 Å². The van der Waals surface area contributed by atoms with E-state index in [1.165, 1.54) is 17.0 Å². The Morgan fingerprint density at radius 2 is 1.94 bits per heavy atom. The number of hydrogen-bond acceptors (Lipinski definition) is 6. The molecule has 1 aromatic rings. The van der Waals surface area contributed by atoms with Crippen molar-refractivity contribution in [2.24, 2.45) is 0 Å². The number of hydrogen-bond donors (Lipinski definition) is 2. The van der Waals surface area contributed by atoms with E-state index in [0.29, 0.717) is 0 Å². The van der Waals surface area contributed by atoms with Crippen molar-refractivity contribution in [1.29, 1.82) is 0 Å². The molecule has 0 spiro atoms. The van der Waals surface area contributed by atoms with Crippen molar-refractivity contribution in [3.63, 3.8) is 0 Å². The van der Waals surface area contributed by atoms with Crippen molar-refractivity contribution in [3.05, 3.63) is 27.4 Å². The molecule has 1 rings (SSSR count). The van der Waals surface area contributed by atoms with Crippen LogP contribution >= 0.6 is 11.6 Å². The van der Waals surface area contributed by atoms with Crippen LogP contribution in [-0.4, -0.2) is 46.4 Å². The molecular weight excluding hydrogens is 250 g/mol. The second kappa shape index (κ2) is 6.33. The fourth-order valence-electron chi connectivity index (χ4n) is 1.36. The Morgan fingerprint density at radius 1 is 1.35 bits per heavy atom. The Bertz CT molecular complexity index is 396. The molecule has 1 heterocycles. The molecule has 0 aliphatic rings. The van der Waals surface area contributed by atoms with Crippen LogP contribution in [0, 0.1) is 10.1 Å². The SMILES string of the molecule is O=[N+]([O-])c1ccc(Cl)nc1N(CCO)CCO. The van der Waals surface area contributed by atoms with Gasteiger partial charge < -0.3 is 15.1 Å². The number of anilines is 1. The maximum atomic E-state index is 10.8. The van der Waals surface area contributed by atoms with Gasteiger partial charge in [-0.25, -0.2) is 4.98 Å². The molecule has 0 unspecified atom stereocenters. The molecule has 0 amide bonds. The lowest BCUT2D eigenvalue weighted by Crippen LogP contribution is -2.31. The molecule has 0 bridgehead atoms. The Hall–Kier alpha value is -1.44. The highest BCUT2D eigenvalue weighted by Crippen LogP contribution is 2.27. The molecule has 0 saturated heterocycles. The van der Waals surface area contributed by atoms with E-state index in [4.69, 9.17) is 21.8 Å². The van der Waals surface area contributed by atoms with E-state index in [1.807, 2.05) is 0 Å². The minimum absolute atomic E-state index is 0.0469. The molecule has 0 fully saturated rings. The third-order valence-corrected chi connectivity index (χ3v) is 2.27. The fourth-order valence-corrected chi connectivity index (χ4v) is 1.50. The van der Waals surface area contributed by atoms with Crippen molar-refractivity contribution in [2.45, 2.75) is 0 Å². The largest absolute Gasteiger partial charge is 0.395 e. The Balaban J connectivity index is 3.14. The maximum absolute atomic E-state index is 10.8. The van der Waals surface area contributed by atoms with Crippen LogP contribution in [0.25, 0.3) is 0 Å². The molecule has 94 valence electrons. The summed E-state index contributed by atoms with van der Waals surface area (Å²) in [6, 6.07) is 2.56. The number of pyridine rings is 1. The highest BCUT2D eigenvalue weighted by molar-refractivity contribution is 6.29. The minimum atomic E-state index is -0.583. The Kier molecular flexibility index (Phi) is 5.08. The van der Waals surface area contributed by atoms with Gasteiger partial charge in [-0.05, 0) is 6.07 Å². The van der Waals surface area contributed by atoms with Gasteiger partial charge in [0.15, 0.2) is 0 Å². The molecule has 1 aromatic heterocycles. The lowest BCUT2D eigenvalue weighted by molar-refractivity contribution is -0.384. The summed E-state index contributed by atoms with van der Waals surface area (Å²) in [4.78, 5) is 15.5. The topological polar surface area (TPSA) is 99.7 Å². The predicted molar refractivity (Wildman–Crippen MR) is 62.3 cm³/mol. The summed E-state index contributed by atoms with van der Waals surface area (Å²) in [5, 5.41) is 28.7. The predicted octanol–water partition coefficient (Wildman–Crippen LogP) is 0.434. The quantitative estimate of drug-likeness (QED) is 0.438. The molecule has 0 saturated carbocycles. The first-order chi connectivity index (χ1) is 8.10. The van der Waals surface area contributed by atoms with E-state index in [-0.39, 0.29) is 43.0 Å². The molecule has 0 aromatic carbocycles. The second-order valence-corrected chi connectivity index (χ2v) is 3.56. The van der Waals surface area contributed by atoms with Crippen LogP contribution in [0.15, 0.2) is 12.1 Å². The van der Waals surface area contributed by atoms with Crippen LogP contribution < -0.4 is 4.90 Å². The van der Waals surface area contributed by atoms with E-state index in [9.17, 15) is 10.1 Å². The monoisotopic (exact) mass is 261 g/mol. The summed E-state index contributed by atoms with van der Waals surface area (Å²) in [6.07, 6.45) is 0. The summed E-state index contributed by atoms with van der Waals surface area (Å²) >= 11 is 5.68. The summed E-state index contributed by atoms with van der Waals surface area (Å²) in [7, 11) is 0. The number of halogens is 1. The van der Waals surface area contributed by atoms with Crippen LogP contribution in [-0.2, 0) is 0 Å². The van der Waals surface area contributed by atoms with Gasteiger partial charge in [-0.3, -0.25) is 10.1 Å². The first kappa shape index (κ1) is 13.6. The number of rotatable bonds is 6. The van der Waals surface area contributed by atoms with E-state index in [2.05, 4.69) is 4.98 Å². The molecule has 0 aliphatic carbocycles. The molecular formula is C9H12ClN3O4. The van der Waals surface area contributed by atoms with Gasteiger partial charge in [-0.15, -0.1) is 0 Å². The van der Waals surface area contributed by atoms with Gasteiger partial charge in [0.2, 0.25) is 5.82 Å². The molecule has 0 aliphatic heterocycles. The third-order valence-electron chi connectivity index (χ3n) is 2.06. The van der Waals surface area contributed by atoms with Gasteiger partial charge in [0.05, 0.1) is 18.1 Å². The average molecular weight is 262 g/mol. The van der Waals surface area contributed by atoms with Gasteiger partial charge >= 0.3 is 5.69 Å². The van der Waals surface area contributed by atoms with Crippen molar-refractivity contribution in [1.82, 2.24) is 4.98 Å². The highest BCUT2D eigenvalue weighted by Gasteiger charge is 2.21. The van der Waals surface area contributed by atoms with Crippen LogP contribution in [0.3, 0.4) is 0 Å². The van der Waals surface area contributed by atoms with Crippen LogP contribution in [0.5, 0.6) is 0 Å². The maximum Gasteiger partial charge on any atom is 0.311 e. The Labute approximate surface area is 102 Å². The molecule has 8 heteroatoms. The summed E-state index contributed by atoms with van der Waals surface area (Å²) in [6.45, 7) is -0.139. The second-order valence-electron chi connectivity index (χ2n) is 3.17. The standard InChI is InChI=1S/C9H12ClN3O4/c10-8-2-1-7(13(16)17)9(11-8)12(3-5-14)4-6-15/h1-2,14-15H,3-6H2. The molecule has 0 radical (unpaired) electrons. The van der Waals surface area contributed by atoms with Crippen molar-refractivity contribution >= 4 is 23.1 Å². The summed E-state index contributed by atoms with van der Waals surface area (Å²) < 4.78 is 0.